The molecular weight excluding hydrogens is 393 g/mol. The smallest absolute Gasteiger partial charge is 0.446 e. The summed E-state index contributed by atoms with van der Waals surface area (Å²) in [4.78, 5) is 11.5. The summed E-state index contributed by atoms with van der Waals surface area (Å²) >= 11 is 0. The first-order chi connectivity index (χ1) is 13.4. The van der Waals surface area contributed by atoms with Crippen molar-refractivity contribution >= 4 is 17.2 Å². The summed E-state index contributed by atoms with van der Waals surface area (Å²) in [6.45, 7) is 5.45. The maximum Gasteiger partial charge on any atom is 0.490 e. The first kappa shape index (κ1) is 19.4. The van der Waals surface area contributed by atoms with Gasteiger partial charge < -0.3 is 10.1 Å². The molecule has 1 aliphatic heterocycles. The summed E-state index contributed by atoms with van der Waals surface area (Å²) in [5, 5.41) is 3.13. The second-order valence-corrected chi connectivity index (χ2v) is 7.77. The van der Waals surface area contributed by atoms with E-state index in [1.165, 1.54) is 12.1 Å². The van der Waals surface area contributed by atoms with Gasteiger partial charge in [0.1, 0.15) is 11.6 Å². The van der Waals surface area contributed by atoms with Crippen molar-refractivity contribution in [3.63, 3.8) is 0 Å². The minimum absolute atomic E-state index is 0.00739. The van der Waals surface area contributed by atoms with Crippen molar-refractivity contribution in [3.05, 3.63) is 58.7 Å². The van der Waals surface area contributed by atoms with E-state index in [9.17, 15) is 22.4 Å². The van der Waals surface area contributed by atoms with Gasteiger partial charge in [-0.1, -0.05) is 12.1 Å². The van der Waals surface area contributed by atoms with Crippen LogP contribution < -0.4 is 5.32 Å². The molecule has 2 aromatic rings. The number of fused-ring (bicyclic) bond motifs is 4. The molecule has 152 valence electrons. The molecule has 0 saturated carbocycles. The van der Waals surface area contributed by atoms with Gasteiger partial charge in [0.15, 0.2) is 6.10 Å². The number of alkyl halides is 3. The van der Waals surface area contributed by atoms with Crippen molar-refractivity contribution in [2.45, 2.75) is 38.6 Å². The lowest BCUT2D eigenvalue weighted by molar-refractivity contribution is -0.203. The van der Waals surface area contributed by atoms with Gasteiger partial charge in [0.25, 0.3) is 0 Å². The summed E-state index contributed by atoms with van der Waals surface area (Å²) in [7, 11) is 0. The molecule has 1 N–H and O–H groups in total. The van der Waals surface area contributed by atoms with Gasteiger partial charge in [0.2, 0.25) is 0 Å². The van der Waals surface area contributed by atoms with Crippen molar-refractivity contribution in [2.75, 3.05) is 5.32 Å². The third-order valence-electron chi connectivity index (χ3n) is 5.03. The second kappa shape index (κ2) is 6.05. The molecule has 0 fully saturated rings. The zero-order valence-corrected chi connectivity index (χ0v) is 15.7. The first-order valence-corrected chi connectivity index (χ1v) is 8.81. The van der Waals surface area contributed by atoms with Crippen LogP contribution in [0.25, 0.3) is 16.7 Å². The Morgan fingerprint density at radius 2 is 1.79 bits per heavy atom. The quantitative estimate of drug-likeness (QED) is 0.482. The molecule has 1 unspecified atom stereocenters. The lowest BCUT2D eigenvalue weighted by Crippen LogP contribution is -2.32. The van der Waals surface area contributed by atoms with Crippen LogP contribution in [0.2, 0.25) is 0 Å². The van der Waals surface area contributed by atoms with Crippen LogP contribution in [-0.2, 0) is 9.53 Å². The van der Waals surface area contributed by atoms with Crippen LogP contribution in [0, 0.1) is 11.6 Å². The fraction of sp³-hybridized carbons (Fsp3) is 0.286. The Morgan fingerprint density at radius 3 is 2.45 bits per heavy atom. The van der Waals surface area contributed by atoms with E-state index in [1.54, 1.807) is 6.92 Å². The van der Waals surface area contributed by atoms with Crippen molar-refractivity contribution in [2.24, 2.45) is 0 Å². The van der Waals surface area contributed by atoms with Crippen LogP contribution in [0.3, 0.4) is 0 Å². The van der Waals surface area contributed by atoms with Crippen LogP contribution in [0.4, 0.5) is 27.6 Å². The molecule has 1 heterocycles. The van der Waals surface area contributed by atoms with Gasteiger partial charge in [-0.3, -0.25) is 0 Å². The highest BCUT2D eigenvalue weighted by Crippen LogP contribution is 2.51. The third kappa shape index (κ3) is 3.07. The number of esters is 1. The third-order valence-corrected chi connectivity index (χ3v) is 5.03. The number of carbonyl (C=O) groups excluding carboxylic acids is 1. The van der Waals surface area contributed by atoms with Gasteiger partial charge in [-0.25, -0.2) is 13.6 Å². The maximum atomic E-state index is 15.5. The summed E-state index contributed by atoms with van der Waals surface area (Å²) in [6, 6.07) is 4.79. The van der Waals surface area contributed by atoms with E-state index in [0.29, 0.717) is 11.3 Å². The van der Waals surface area contributed by atoms with Crippen LogP contribution >= 0.6 is 0 Å². The molecule has 1 atom stereocenters. The number of anilines is 1. The molecule has 29 heavy (non-hydrogen) atoms. The Morgan fingerprint density at radius 1 is 1.10 bits per heavy atom. The van der Waals surface area contributed by atoms with E-state index in [-0.39, 0.29) is 27.8 Å². The van der Waals surface area contributed by atoms with Crippen molar-refractivity contribution in [1.29, 1.82) is 0 Å². The number of halogens is 5. The van der Waals surface area contributed by atoms with Crippen LogP contribution in [-0.4, -0.2) is 17.7 Å². The molecular formula is C21H16F5NO2. The maximum absolute atomic E-state index is 15.5. The lowest BCUT2D eigenvalue weighted by atomic mass is 9.88. The SMILES string of the molecule is CC1=CC(C)(C)Nc2cc3c(c(F)c21)-c1ccc(F)cc1C3OC(=O)C(F)(F)F. The molecule has 1 aliphatic carbocycles. The lowest BCUT2D eigenvalue weighted by Gasteiger charge is -2.32. The van der Waals surface area contributed by atoms with Crippen LogP contribution in [0.5, 0.6) is 0 Å². The van der Waals surface area contributed by atoms with E-state index in [1.807, 2.05) is 19.9 Å². The molecule has 0 radical (unpaired) electrons. The van der Waals surface area contributed by atoms with Crippen molar-refractivity contribution in [1.82, 2.24) is 0 Å². The summed E-state index contributed by atoms with van der Waals surface area (Å²) < 4.78 is 72.4. The minimum atomic E-state index is -5.23. The molecule has 0 spiro atoms. The number of allylic oxidation sites excluding steroid dienone is 1. The summed E-state index contributed by atoms with van der Waals surface area (Å²) in [6.07, 6.45) is -4.96. The zero-order valence-electron chi connectivity index (χ0n) is 15.7. The van der Waals surface area contributed by atoms with Gasteiger partial charge >= 0.3 is 12.1 Å². The van der Waals surface area contributed by atoms with Crippen molar-refractivity contribution < 1.29 is 31.5 Å². The standard InChI is InChI=1S/C21H16F5NO2/c1-9-8-20(2,3)27-14-7-13-16(17(23)15(9)14)11-5-4-10(22)6-12(11)18(13)29-19(28)21(24,25)26/h4-8,18,27H,1-3H3. The van der Waals surface area contributed by atoms with Crippen LogP contribution in [0.1, 0.15) is 43.6 Å². The van der Waals surface area contributed by atoms with E-state index in [4.69, 9.17) is 0 Å². The second-order valence-electron chi connectivity index (χ2n) is 7.77. The van der Waals surface area contributed by atoms with E-state index >= 15 is 4.39 Å². The molecule has 8 heteroatoms. The molecule has 2 aliphatic rings. The fourth-order valence-corrected chi connectivity index (χ4v) is 4.08. The number of hydrogen-bond donors (Lipinski definition) is 1. The monoisotopic (exact) mass is 409 g/mol. The number of benzene rings is 2. The minimum Gasteiger partial charge on any atom is -0.446 e. The van der Waals surface area contributed by atoms with Gasteiger partial charge in [-0.15, -0.1) is 0 Å². The average Bonchev–Trinajstić information content (AvgIpc) is 2.86. The normalized spacial score (nSPS) is 18.9. The Kier molecular flexibility index (Phi) is 4.05. The number of hydrogen-bond acceptors (Lipinski definition) is 3. The molecule has 0 bridgehead atoms. The van der Waals surface area contributed by atoms with Gasteiger partial charge in [0.05, 0.1) is 5.54 Å². The Balaban J connectivity index is 1.95. The highest BCUT2D eigenvalue weighted by molar-refractivity contribution is 5.90. The molecule has 2 aromatic carbocycles. The van der Waals surface area contributed by atoms with Crippen molar-refractivity contribution in [3.8, 4) is 11.1 Å². The fourth-order valence-electron chi connectivity index (χ4n) is 4.08. The highest BCUT2D eigenvalue weighted by atomic mass is 19.4. The number of rotatable bonds is 1. The summed E-state index contributed by atoms with van der Waals surface area (Å²) in [5.74, 6) is -3.81. The number of ether oxygens (including phenoxy) is 1. The predicted octanol–water partition coefficient (Wildman–Crippen LogP) is 5.75. The highest BCUT2D eigenvalue weighted by Gasteiger charge is 2.45. The van der Waals surface area contributed by atoms with E-state index in [0.717, 1.165) is 12.1 Å². The van der Waals surface area contributed by atoms with Gasteiger partial charge in [0, 0.05) is 27.9 Å². The Bertz CT molecular complexity index is 1090. The van der Waals surface area contributed by atoms with E-state index in [2.05, 4.69) is 10.1 Å². The van der Waals surface area contributed by atoms with Crippen LogP contribution in [0.15, 0.2) is 30.3 Å². The molecule has 0 amide bonds. The Hall–Kier alpha value is -2.90. The van der Waals surface area contributed by atoms with Gasteiger partial charge in [-0.2, -0.15) is 13.2 Å². The average molecular weight is 409 g/mol. The number of carbonyl (C=O) groups is 1. The number of nitrogens with one attached hydrogen (secondary N) is 1. The topological polar surface area (TPSA) is 38.3 Å². The largest absolute Gasteiger partial charge is 0.490 e. The Labute approximate surface area is 163 Å². The molecule has 4 rings (SSSR count). The molecule has 3 nitrogen and oxygen atoms in total. The predicted molar refractivity (Wildman–Crippen MR) is 97.1 cm³/mol. The molecule has 0 saturated heterocycles. The molecule has 0 aromatic heterocycles. The van der Waals surface area contributed by atoms with Gasteiger partial charge in [-0.05, 0) is 50.1 Å². The van der Waals surface area contributed by atoms with E-state index < -0.39 is 35.4 Å². The zero-order chi connectivity index (χ0) is 21.3. The summed E-state index contributed by atoms with van der Waals surface area (Å²) in [5.41, 5.74) is 0.995. The first-order valence-electron chi connectivity index (χ1n) is 8.81.